The standard InChI is InChI=1S/C16H16O4/c1-11-2-4-12(5-3-11)16(18,9-17)13-6-7-14-15(8-13)20-10-19-14/h2-8,17-18H,9-10H2,1H3. The first-order valence-corrected chi connectivity index (χ1v) is 6.44. The highest BCUT2D eigenvalue weighted by Crippen LogP contribution is 2.38. The number of hydrogen-bond acceptors (Lipinski definition) is 4. The van der Waals surface area contributed by atoms with Gasteiger partial charge in [-0.25, -0.2) is 0 Å². The molecule has 104 valence electrons. The van der Waals surface area contributed by atoms with E-state index in [2.05, 4.69) is 0 Å². The summed E-state index contributed by atoms with van der Waals surface area (Å²) in [5.74, 6) is 1.24. The molecule has 2 aromatic rings. The Kier molecular flexibility index (Phi) is 3.12. The maximum Gasteiger partial charge on any atom is 0.231 e. The van der Waals surface area contributed by atoms with E-state index in [0.717, 1.165) is 5.56 Å². The molecule has 0 aromatic heterocycles. The molecule has 1 aliphatic rings. The predicted octanol–water partition coefficient (Wildman–Crippen LogP) is 1.95. The highest BCUT2D eigenvalue weighted by Gasteiger charge is 2.32. The van der Waals surface area contributed by atoms with Gasteiger partial charge >= 0.3 is 0 Å². The molecular formula is C16H16O4. The van der Waals surface area contributed by atoms with E-state index in [0.29, 0.717) is 22.6 Å². The van der Waals surface area contributed by atoms with Crippen molar-refractivity contribution in [3.8, 4) is 11.5 Å². The van der Waals surface area contributed by atoms with Crippen LogP contribution in [0, 0.1) is 6.92 Å². The zero-order chi connectivity index (χ0) is 14.2. The van der Waals surface area contributed by atoms with Crippen molar-refractivity contribution in [3.63, 3.8) is 0 Å². The molecule has 1 atom stereocenters. The van der Waals surface area contributed by atoms with Crippen molar-refractivity contribution in [2.24, 2.45) is 0 Å². The second kappa shape index (κ2) is 4.81. The molecule has 2 aromatic carbocycles. The average molecular weight is 272 g/mol. The normalized spacial score (nSPS) is 15.9. The third-order valence-electron chi connectivity index (χ3n) is 3.61. The Bertz CT molecular complexity index is 621. The highest BCUT2D eigenvalue weighted by molar-refractivity contribution is 5.48. The third kappa shape index (κ3) is 2.03. The van der Waals surface area contributed by atoms with Gasteiger partial charge in [-0.15, -0.1) is 0 Å². The summed E-state index contributed by atoms with van der Waals surface area (Å²) in [7, 11) is 0. The molecular weight excluding hydrogens is 256 g/mol. The zero-order valence-electron chi connectivity index (χ0n) is 11.2. The van der Waals surface area contributed by atoms with Gasteiger partial charge in [0, 0.05) is 0 Å². The molecule has 0 amide bonds. The fourth-order valence-electron chi connectivity index (χ4n) is 2.33. The number of rotatable bonds is 3. The number of aryl methyl sites for hydroxylation is 1. The smallest absolute Gasteiger partial charge is 0.231 e. The molecule has 4 nitrogen and oxygen atoms in total. The molecule has 0 aliphatic carbocycles. The molecule has 0 fully saturated rings. The Hall–Kier alpha value is -2.04. The summed E-state index contributed by atoms with van der Waals surface area (Å²) in [6.45, 7) is 1.75. The first kappa shape index (κ1) is 13.0. The first-order valence-electron chi connectivity index (χ1n) is 6.44. The van der Waals surface area contributed by atoms with Crippen LogP contribution in [0.15, 0.2) is 42.5 Å². The minimum atomic E-state index is -1.45. The molecule has 1 unspecified atom stereocenters. The lowest BCUT2D eigenvalue weighted by atomic mass is 9.86. The molecule has 0 spiro atoms. The van der Waals surface area contributed by atoms with Gasteiger partial charge in [0.15, 0.2) is 11.5 Å². The van der Waals surface area contributed by atoms with Gasteiger partial charge in [-0.3, -0.25) is 0 Å². The minimum absolute atomic E-state index is 0.181. The topological polar surface area (TPSA) is 58.9 Å². The van der Waals surface area contributed by atoms with E-state index >= 15 is 0 Å². The SMILES string of the molecule is Cc1ccc(C(O)(CO)c2ccc3c(c2)OCO3)cc1. The molecule has 0 radical (unpaired) electrons. The van der Waals surface area contributed by atoms with Crippen molar-refractivity contribution >= 4 is 0 Å². The molecule has 4 heteroatoms. The Morgan fingerprint density at radius 2 is 1.65 bits per heavy atom. The first-order chi connectivity index (χ1) is 9.63. The van der Waals surface area contributed by atoms with Crippen molar-refractivity contribution in [1.82, 2.24) is 0 Å². The molecule has 0 bridgehead atoms. The van der Waals surface area contributed by atoms with Crippen molar-refractivity contribution in [2.45, 2.75) is 12.5 Å². The van der Waals surface area contributed by atoms with Gasteiger partial charge in [0.05, 0.1) is 6.61 Å². The van der Waals surface area contributed by atoms with E-state index in [1.54, 1.807) is 18.2 Å². The highest BCUT2D eigenvalue weighted by atomic mass is 16.7. The van der Waals surface area contributed by atoms with E-state index in [9.17, 15) is 10.2 Å². The van der Waals surface area contributed by atoms with Crippen molar-refractivity contribution in [1.29, 1.82) is 0 Å². The minimum Gasteiger partial charge on any atom is -0.454 e. The summed E-state index contributed by atoms with van der Waals surface area (Å²) in [5, 5.41) is 20.5. The number of hydrogen-bond donors (Lipinski definition) is 2. The monoisotopic (exact) mass is 272 g/mol. The van der Waals surface area contributed by atoms with E-state index in [1.165, 1.54) is 0 Å². The summed E-state index contributed by atoms with van der Waals surface area (Å²) in [6, 6.07) is 12.6. The summed E-state index contributed by atoms with van der Waals surface area (Å²) in [4.78, 5) is 0. The largest absolute Gasteiger partial charge is 0.454 e. The lowest BCUT2D eigenvalue weighted by Crippen LogP contribution is -2.31. The second-order valence-corrected chi connectivity index (χ2v) is 4.95. The van der Waals surface area contributed by atoms with Crippen LogP contribution in [0.2, 0.25) is 0 Å². The number of fused-ring (bicyclic) bond motifs is 1. The quantitative estimate of drug-likeness (QED) is 0.896. The van der Waals surface area contributed by atoms with Crippen LogP contribution >= 0.6 is 0 Å². The van der Waals surface area contributed by atoms with Gasteiger partial charge in [-0.1, -0.05) is 35.9 Å². The van der Waals surface area contributed by atoms with Crippen LogP contribution < -0.4 is 9.47 Å². The van der Waals surface area contributed by atoms with Gasteiger partial charge in [-0.05, 0) is 30.2 Å². The van der Waals surface area contributed by atoms with Gasteiger partial charge in [-0.2, -0.15) is 0 Å². The van der Waals surface area contributed by atoms with Gasteiger partial charge in [0.25, 0.3) is 0 Å². The van der Waals surface area contributed by atoms with Crippen LogP contribution in [-0.4, -0.2) is 23.6 Å². The molecule has 0 saturated carbocycles. The molecule has 0 saturated heterocycles. The van der Waals surface area contributed by atoms with E-state index < -0.39 is 12.2 Å². The number of aliphatic hydroxyl groups is 2. The van der Waals surface area contributed by atoms with Crippen LogP contribution in [0.4, 0.5) is 0 Å². The van der Waals surface area contributed by atoms with Gasteiger partial charge in [0.1, 0.15) is 5.60 Å². The summed E-state index contributed by atoms with van der Waals surface area (Å²) >= 11 is 0. The van der Waals surface area contributed by atoms with Crippen LogP contribution in [-0.2, 0) is 5.60 Å². The average Bonchev–Trinajstić information content (AvgIpc) is 2.94. The Morgan fingerprint density at radius 1 is 1.00 bits per heavy atom. The van der Waals surface area contributed by atoms with E-state index in [-0.39, 0.29) is 6.79 Å². The number of benzene rings is 2. The maximum absolute atomic E-state index is 10.8. The molecule has 3 rings (SSSR count). The van der Waals surface area contributed by atoms with Crippen LogP contribution in [0.3, 0.4) is 0 Å². The summed E-state index contributed by atoms with van der Waals surface area (Å²) in [6.07, 6.45) is 0. The number of aliphatic hydroxyl groups excluding tert-OH is 1. The van der Waals surface area contributed by atoms with Crippen molar-refractivity contribution < 1.29 is 19.7 Å². The van der Waals surface area contributed by atoms with Gasteiger partial charge in [0.2, 0.25) is 6.79 Å². The summed E-state index contributed by atoms with van der Waals surface area (Å²) < 4.78 is 10.6. The Labute approximate surface area is 117 Å². The zero-order valence-corrected chi connectivity index (χ0v) is 11.2. The predicted molar refractivity (Wildman–Crippen MR) is 73.8 cm³/mol. The van der Waals surface area contributed by atoms with Crippen molar-refractivity contribution in [2.75, 3.05) is 13.4 Å². The maximum atomic E-state index is 10.8. The van der Waals surface area contributed by atoms with Crippen molar-refractivity contribution in [3.05, 3.63) is 59.2 Å². The van der Waals surface area contributed by atoms with E-state index in [4.69, 9.17) is 9.47 Å². The molecule has 20 heavy (non-hydrogen) atoms. The molecule has 1 aliphatic heterocycles. The molecule has 2 N–H and O–H groups in total. The fourth-order valence-corrected chi connectivity index (χ4v) is 2.33. The fraction of sp³-hybridized carbons (Fsp3) is 0.250. The summed E-state index contributed by atoms with van der Waals surface area (Å²) in [5.41, 5.74) is 0.867. The third-order valence-corrected chi connectivity index (χ3v) is 3.61. The lowest BCUT2D eigenvalue weighted by Gasteiger charge is -2.27. The van der Waals surface area contributed by atoms with Crippen LogP contribution in [0.1, 0.15) is 16.7 Å². The second-order valence-electron chi connectivity index (χ2n) is 4.95. The van der Waals surface area contributed by atoms with Gasteiger partial charge < -0.3 is 19.7 Å². The lowest BCUT2D eigenvalue weighted by molar-refractivity contribution is 0.0171. The number of ether oxygens (including phenoxy) is 2. The van der Waals surface area contributed by atoms with E-state index in [1.807, 2.05) is 31.2 Å². The van der Waals surface area contributed by atoms with Crippen LogP contribution in [0.5, 0.6) is 11.5 Å². The van der Waals surface area contributed by atoms with Crippen LogP contribution in [0.25, 0.3) is 0 Å². The Balaban J connectivity index is 2.06. The molecule has 1 heterocycles. The Morgan fingerprint density at radius 3 is 2.35 bits per heavy atom.